The van der Waals surface area contributed by atoms with E-state index in [1.54, 1.807) is 0 Å². The van der Waals surface area contributed by atoms with Gasteiger partial charge in [0.05, 0.1) is 0 Å². The molecule has 0 spiro atoms. The van der Waals surface area contributed by atoms with Gasteiger partial charge in [-0.3, -0.25) is 0 Å². The Morgan fingerprint density at radius 3 is 2.33 bits per heavy atom. The zero-order valence-corrected chi connectivity index (χ0v) is 6.65. The van der Waals surface area contributed by atoms with Crippen LogP contribution in [0.3, 0.4) is 0 Å². The predicted molar refractivity (Wildman–Crippen MR) is 43.5 cm³/mol. The van der Waals surface area contributed by atoms with Crippen LogP contribution in [0, 0.1) is 0 Å². The van der Waals surface area contributed by atoms with Crippen molar-refractivity contribution in [1.29, 1.82) is 0 Å². The van der Waals surface area contributed by atoms with Crippen LogP contribution in [-0.4, -0.2) is 0 Å². The summed E-state index contributed by atoms with van der Waals surface area (Å²) in [6, 6.07) is 0. The van der Waals surface area contributed by atoms with Crippen molar-refractivity contribution in [2.24, 2.45) is 0 Å². The highest BCUT2D eigenvalue weighted by Crippen LogP contribution is 2.04. The molecule has 0 aliphatic carbocycles. The van der Waals surface area contributed by atoms with Gasteiger partial charge in [0.25, 0.3) is 0 Å². The molecular weight excluding hydrogens is 108 g/mol. The molecule has 0 saturated carbocycles. The van der Waals surface area contributed by atoms with E-state index in [1.165, 1.54) is 18.4 Å². The minimum atomic E-state index is 1.21. The SMILES string of the molecule is C/C=C(\C=C\C)CCC. The monoisotopic (exact) mass is 124 g/mol. The lowest BCUT2D eigenvalue weighted by Crippen LogP contribution is -1.74. The van der Waals surface area contributed by atoms with Crippen LogP contribution in [-0.2, 0) is 0 Å². The standard InChI is InChI=1S/C9H16/c1-4-7-9(6-3)8-5-2/h4,6-7H,5,8H2,1-3H3/b7-4+,9-6+. The molecule has 0 saturated heterocycles. The van der Waals surface area contributed by atoms with Crippen molar-refractivity contribution in [2.75, 3.05) is 0 Å². The summed E-state index contributed by atoms with van der Waals surface area (Å²) in [5.41, 5.74) is 1.44. The van der Waals surface area contributed by atoms with Crippen molar-refractivity contribution in [3.8, 4) is 0 Å². The Labute approximate surface area is 58.3 Å². The maximum atomic E-state index is 2.20. The summed E-state index contributed by atoms with van der Waals surface area (Å²) in [4.78, 5) is 0. The minimum Gasteiger partial charge on any atom is -0.0874 e. The second kappa shape index (κ2) is 5.61. The highest BCUT2D eigenvalue weighted by molar-refractivity contribution is 5.16. The first-order chi connectivity index (χ1) is 4.35. The van der Waals surface area contributed by atoms with E-state index in [1.807, 2.05) is 0 Å². The van der Waals surface area contributed by atoms with Gasteiger partial charge in [-0.05, 0) is 20.3 Å². The molecule has 0 N–H and O–H groups in total. The zero-order valence-electron chi connectivity index (χ0n) is 6.65. The fraction of sp³-hybridized carbons (Fsp3) is 0.556. The van der Waals surface area contributed by atoms with Crippen LogP contribution >= 0.6 is 0 Å². The van der Waals surface area contributed by atoms with E-state index in [9.17, 15) is 0 Å². The molecule has 0 aromatic rings. The second-order valence-electron chi connectivity index (χ2n) is 2.11. The third kappa shape index (κ3) is 4.01. The Kier molecular flexibility index (Phi) is 5.29. The van der Waals surface area contributed by atoms with E-state index < -0.39 is 0 Å². The van der Waals surface area contributed by atoms with Crippen LogP contribution in [0.15, 0.2) is 23.8 Å². The summed E-state index contributed by atoms with van der Waals surface area (Å²) in [7, 11) is 0. The fourth-order valence-corrected chi connectivity index (χ4v) is 0.827. The number of allylic oxidation sites excluding steroid dienone is 4. The highest BCUT2D eigenvalue weighted by atomic mass is 13.9. The van der Waals surface area contributed by atoms with Gasteiger partial charge in [0.15, 0.2) is 0 Å². The van der Waals surface area contributed by atoms with Crippen molar-refractivity contribution in [1.82, 2.24) is 0 Å². The largest absolute Gasteiger partial charge is 0.0874 e. The maximum Gasteiger partial charge on any atom is -0.0285 e. The van der Waals surface area contributed by atoms with E-state index in [-0.39, 0.29) is 0 Å². The van der Waals surface area contributed by atoms with E-state index in [0.29, 0.717) is 0 Å². The summed E-state index contributed by atoms with van der Waals surface area (Å²) >= 11 is 0. The first-order valence-electron chi connectivity index (χ1n) is 3.63. The lowest BCUT2D eigenvalue weighted by Gasteiger charge is -1.94. The summed E-state index contributed by atoms with van der Waals surface area (Å²) < 4.78 is 0. The molecule has 0 aliphatic heterocycles. The summed E-state index contributed by atoms with van der Waals surface area (Å²) in [5, 5.41) is 0. The van der Waals surface area contributed by atoms with Gasteiger partial charge in [-0.15, -0.1) is 0 Å². The molecule has 0 atom stereocenters. The topological polar surface area (TPSA) is 0 Å². The third-order valence-corrected chi connectivity index (χ3v) is 1.29. The first kappa shape index (κ1) is 8.48. The molecule has 0 unspecified atom stereocenters. The van der Waals surface area contributed by atoms with Gasteiger partial charge in [-0.1, -0.05) is 37.1 Å². The molecule has 52 valence electrons. The second-order valence-corrected chi connectivity index (χ2v) is 2.11. The van der Waals surface area contributed by atoms with E-state index in [0.717, 1.165) is 0 Å². The Bertz CT molecular complexity index is 107. The molecule has 0 fully saturated rings. The van der Waals surface area contributed by atoms with Crippen LogP contribution in [0.2, 0.25) is 0 Å². The smallest absolute Gasteiger partial charge is 0.0285 e. The molecule has 0 radical (unpaired) electrons. The Morgan fingerprint density at radius 2 is 2.00 bits per heavy atom. The zero-order chi connectivity index (χ0) is 7.11. The van der Waals surface area contributed by atoms with Gasteiger partial charge in [-0.2, -0.15) is 0 Å². The summed E-state index contributed by atoms with van der Waals surface area (Å²) in [6.45, 7) is 6.34. The van der Waals surface area contributed by atoms with Crippen molar-refractivity contribution >= 4 is 0 Å². The fourth-order valence-electron chi connectivity index (χ4n) is 0.827. The molecule has 0 aromatic heterocycles. The molecule has 0 heterocycles. The first-order valence-corrected chi connectivity index (χ1v) is 3.63. The summed E-state index contributed by atoms with van der Waals surface area (Å²) in [6.07, 6.45) is 8.88. The lowest BCUT2D eigenvalue weighted by molar-refractivity contribution is 0.924. The highest BCUT2D eigenvalue weighted by Gasteiger charge is 1.84. The van der Waals surface area contributed by atoms with Gasteiger partial charge >= 0.3 is 0 Å². The van der Waals surface area contributed by atoms with Crippen molar-refractivity contribution in [3.05, 3.63) is 23.8 Å². The van der Waals surface area contributed by atoms with Gasteiger partial charge in [0.2, 0.25) is 0 Å². The average molecular weight is 124 g/mol. The van der Waals surface area contributed by atoms with Crippen molar-refractivity contribution in [2.45, 2.75) is 33.6 Å². The van der Waals surface area contributed by atoms with Crippen LogP contribution in [0.5, 0.6) is 0 Å². The molecular formula is C9H16. The number of rotatable bonds is 3. The molecule has 0 rings (SSSR count). The molecule has 0 aromatic carbocycles. The summed E-state index contributed by atoms with van der Waals surface area (Å²) in [5.74, 6) is 0. The van der Waals surface area contributed by atoms with E-state index in [4.69, 9.17) is 0 Å². The Hall–Kier alpha value is -0.520. The maximum absolute atomic E-state index is 2.20. The minimum absolute atomic E-state index is 1.21. The van der Waals surface area contributed by atoms with Gasteiger partial charge in [-0.25, -0.2) is 0 Å². The molecule has 0 heteroatoms. The Balaban J connectivity index is 3.70. The van der Waals surface area contributed by atoms with Crippen LogP contribution in [0.1, 0.15) is 33.6 Å². The molecule has 9 heavy (non-hydrogen) atoms. The normalized spacial score (nSPS) is 13.0. The van der Waals surface area contributed by atoms with E-state index in [2.05, 4.69) is 39.0 Å². The molecule has 0 amide bonds. The molecule has 0 aliphatic rings. The molecule has 0 nitrogen and oxygen atoms in total. The predicted octanol–water partition coefficient (Wildman–Crippen LogP) is 3.31. The average Bonchev–Trinajstić information content (AvgIpc) is 1.88. The van der Waals surface area contributed by atoms with Crippen molar-refractivity contribution in [3.63, 3.8) is 0 Å². The van der Waals surface area contributed by atoms with E-state index >= 15 is 0 Å². The third-order valence-electron chi connectivity index (χ3n) is 1.29. The molecule has 0 bridgehead atoms. The van der Waals surface area contributed by atoms with Crippen LogP contribution in [0.4, 0.5) is 0 Å². The Morgan fingerprint density at radius 1 is 1.33 bits per heavy atom. The van der Waals surface area contributed by atoms with Gasteiger partial charge in [0, 0.05) is 0 Å². The van der Waals surface area contributed by atoms with Gasteiger partial charge in [0.1, 0.15) is 0 Å². The van der Waals surface area contributed by atoms with Crippen LogP contribution < -0.4 is 0 Å². The number of hydrogen-bond donors (Lipinski definition) is 0. The van der Waals surface area contributed by atoms with Gasteiger partial charge < -0.3 is 0 Å². The lowest BCUT2D eigenvalue weighted by atomic mass is 10.1. The van der Waals surface area contributed by atoms with Crippen molar-refractivity contribution < 1.29 is 0 Å². The quantitative estimate of drug-likeness (QED) is 0.506. The van der Waals surface area contributed by atoms with Crippen LogP contribution in [0.25, 0.3) is 0 Å². The number of hydrogen-bond acceptors (Lipinski definition) is 0.